The molecule has 5 rings (SSSR count). The number of aryl methyl sites for hydroxylation is 3. The highest BCUT2D eigenvalue weighted by Gasteiger charge is 2.32. The molecule has 0 spiro atoms. The van der Waals surface area contributed by atoms with Crippen LogP contribution in [-0.2, 0) is 5.67 Å². The Morgan fingerprint density at radius 2 is 1.57 bits per heavy atom. The highest BCUT2D eigenvalue weighted by atomic mass is 19.1. The van der Waals surface area contributed by atoms with Crippen LogP contribution in [0.2, 0.25) is 0 Å². The third-order valence-electron chi connectivity index (χ3n) is 7.15. The molecule has 0 aliphatic carbocycles. The van der Waals surface area contributed by atoms with Gasteiger partial charge in [-0.3, -0.25) is 4.57 Å². The highest BCUT2D eigenvalue weighted by molar-refractivity contribution is 5.96. The molecular formula is C32H29F3N2. The minimum atomic E-state index is -1.95. The van der Waals surface area contributed by atoms with Crippen LogP contribution in [0.25, 0.3) is 39.1 Å². The Labute approximate surface area is 215 Å². The zero-order valence-corrected chi connectivity index (χ0v) is 21.7. The lowest BCUT2D eigenvalue weighted by molar-refractivity contribution is 0.185. The van der Waals surface area contributed by atoms with Gasteiger partial charge in [0.1, 0.15) is 23.1 Å². The van der Waals surface area contributed by atoms with Gasteiger partial charge in [-0.15, -0.1) is 0 Å². The summed E-state index contributed by atoms with van der Waals surface area (Å²) in [5.41, 5.74) is 3.36. The normalized spacial score (nSPS) is 13.2. The molecule has 4 aromatic carbocycles. The molecule has 5 aromatic rings. The second-order valence-corrected chi connectivity index (χ2v) is 9.95. The number of nitrogens with zero attached hydrogens (tertiary/aromatic N) is 2. The SMILES string of the molecule is CCC(C)(F)c1cc(F)cc(F)c1-c1nc(-c2cccc3ccccc23)cn1-c1c(C)cc(C)cc1C. The van der Waals surface area contributed by atoms with Crippen LogP contribution >= 0.6 is 0 Å². The Kier molecular flexibility index (Phi) is 6.18. The maximum atomic E-state index is 15.8. The summed E-state index contributed by atoms with van der Waals surface area (Å²) in [5, 5.41) is 2.05. The van der Waals surface area contributed by atoms with Gasteiger partial charge < -0.3 is 0 Å². The topological polar surface area (TPSA) is 17.8 Å². The zero-order valence-electron chi connectivity index (χ0n) is 21.7. The summed E-state index contributed by atoms with van der Waals surface area (Å²) in [5.74, 6) is -1.42. The van der Waals surface area contributed by atoms with Crippen LogP contribution in [0.15, 0.2) is 72.9 Å². The first-order valence-electron chi connectivity index (χ1n) is 12.4. The van der Waals surface area contributed by atoms with Crippen molar-refractivity contribution in [1.29, 1.82) is 0 Å². The van der Waals surface area contributed by atoms with Crippen molar-refractivity contribution in [2.24, 2.45) is 0 Å². The Bertz CT molecular complexity index is 1620. The third kappa shape index (κ3) is 4.33. The van der Waals surface area contributed by atoms with Crippen LogP contribution in [-0.4, -0.2) is 9.55 Å². The molecule has 0 aliphatic rings. The van der Waals surface area contributed by atoms with Gasteiger partial charge in [-0.25, -0.2) is 18.2 Å². The van der Waals surface area contributed by atoms with E-state index in [0.717, 1.165) is 50.8 Å². The predicted octanol–water partition coefficient (Wildman–Crippen LogP) is 9.16. The summed E-state index contributed by atoms with van der Waals surface area (Å²) in [6.45, 7) is 9.02. The van der Waals surface area contributed by atoms with E-state index < -0.39 is 17.3 Å². The number of hydrogen-bond donors (Lipinski definition) is 0. The fourth-order valence-corrected chi connectivity index (χ4v) is 5.26. The van der Waals surface area contributed by atoms with Crippen molar-refractivity contribution in [3.05, 3.63) is 107 Å². The number of aromatic nitrogens is 2. The van der Waals surface area contributed by atoms with Gasteiger partial charge in [0.05, 0.1) is 16.9 Å². The summed E-state index contributed by atoms with van der Waals surface area (Å²) < 4.78 is 47.6. The molecule has 188 valence electrons. The van der Waals surface area contributed by atoms with E-state index in [1.807, 2.05) is 74.0 Å². The van der Waals surface area contributed by atoms with E-state index in [9.17, 15) is 4.39 Å². The van der Waals surface area contributed by atoms with E-state index in [0.29, 0.717) is 5.69 Å². The molecule has 1 atom stereocenters. The van der Waals surface area contributed by atoms with Gasteiger partial charge in [-0.2, -0.15) is 0 Å². The van der Waals surface area contributed by atoms with Crippen molar-refractivity contribution in [3.63, 3.8) is 0 Å². The lowest BCUT2D eigenvalue weighted by Crippen LogP contribution is -2.17. The Hall–Kier alpha value is -3.86. The highest BCUT2D eigenvalue weighted by Crippen LogP contribution is 2.41. The maximum absolute atomic E-state index is 15.8. The van der Waals surface area contributed by atoms with Crippen molar-refractivity contribution in [2.75, 3.05) is 0 Å². The molecule has 5 heteroatoms. The third-order valence-corrected chi connectivity index (χ3v) is 7.15. The van der Waals surface area contributed by atoms with Crippen molar-refractivity contribution in [1.82, 2.24) is 9.55 Å². The van der Waals surface area contributed by atoms with Crippen molar-refractivity contribution >= 4 is 10.8 Å². The second-order valence-electron chi connectivity index (χ2n) is 9.95. The van der Waals surface area contributed by atoms with Gasteiger partial charge in [0.25, 0.3) is 0 Å². The molecule has 1 heterocycles. The number of alkyl halides is 1. The molecule has 0 saturated carbocycles. The lowest BCUT2D eigenvalue weighted by atomic mass is 9.89. The summed E-state index contributed by atoms with van der Waals surface area (Å²) in [7, 11) is 0. The summed E-state index contributed by atoms with van der Waals surface area (Å²) in [4.78, 5) is 4.91. The molecule has 37 heavy (non-hydrogen) atoms. The van der Waals surface area contributed by atoms with E-state index in [1.165, 1.54) is 6.92 Å². The number of imidazole rings is 1. The smallest absolute Gasteiger partial charge is 0.148 e. The molecule has 2 nitrogen and oxygen atoms in total. The molecule has 0 fully saturated rings. The van der Waals surface area contributed by atoms with Crippen LogP contribution < -0.4 is 0 Å². The minimum absolute atomic E-state index is 0.0286. The zero-order chi connectivity index (χ0) is 26.5. The first-order chi connectivity index (χ1) is 17.6. The molecule has 0 N–H and O–H groups in total. The average Bonchev–Trinajstić information content (AvgIpc) is 3.26. The number of hydrogen-bond acceptors (Lipinski definition) is 1. The van der Waals surface area contributed by atoms with Gasteiger partial charge >= 0.3 is 0 Å². The molecule has 0 aliphatic heterocycles. The van der Waals surface area contributed by atoms with Gasteiger partial charge in [0.15, 0.2) is 0 Å². The van der Waals surface area contributed by atoms with Crippen molar-refractivity contribution in [3.8, 4) is 28.3 Å². The average molecular weight is 499 g/mol. The minimum Gasteiger partial charge on any atom is -0.299 e. The van der Waals surface area contributed by atoms with Gasteiger partial charge in [-0.1, -0.05) is 67.1 Å². The van der Waals surface area contributed by atoms with E-state index in [-0.39, 0.29) is 23.4 Å². The predicted molar refractivity (Wildman–Crippen MR) is 145 cm³/mol. The molecule has 0 saturated heterocycles. The summed E-state index contributed by atoms with van der Waals surface area (Å²) >= 11 is 0. The van der Waals surface area contributed by atoms with Crippen LogP contribution in [0.3, 0.4) is 0 Å². The second kappa shape index (κ2) is 9.22. The van der Waals surface area contributed by atoms with Gasteiger partial charge in [-0.05, 0) is 62.1 Å². The molecule has 0 amide bonds. The van der Waals surface area contributed by atoms with E-state index in [4.69, 9.17) is 4.98 Å². The first kappa shape index (κ1) is 24.8. The molecule has 1 aromatic heterocycles. The molecular weight excluding hydrogens is 469 g/mol. The van der Waals surface area contributed by atoms with Crippen LogP contribution in [0.4, 0.5) is 13.2 Å². The Balaban J connectivity index is 1.89. The monoisotopic (exact) mass is 498 g/mol. The summed E-state index contributed by atoms with van der Waals surface area (Å²) in [6.07, 6.45) is 1.93. The fraction of sp³-hybridized carbons (Fsp3) is 0.219. The quantitative estimate of drug-likeness (QED) is 0.236. The van der Waals surface area contributed by atoms with Crippen molar-refractivity contribution in [2.45, 2.75) is 46.7 Å². The summed E-state index contributed by atoms with van der Waals surface area (Å²) in [6, 6.07) is 19.9. The standard InChI is InChI=1S/C32H29F3N2/c1-6-32(5,35)26-16-23(33)17-27(34)29(26)31-36-28(25-13-9-11-22-10-7-8-12-24(22)25)18-37(31)30-20(3)14-19(2)15-21(30)4/h7-18H,6H2,1-5H3. The largest absolute Gasteiger partial charge is 0.299 e. The van der Waals surface area contributed by atoms with Crippen LogP contribution in [0.5, 0.6) is 0 Å². The number of rotatable bonds is 5. The Morgan fingerprint density at radius 1 is 0.892 bits per heavy atom. The van der Waals surface area contributed by atoms with Gasteiger partial charge in [0.2, 0.25) is 0 Å². The molecule has 1 unspecified atom stereocenters. The van der Waals surface area contributed by atoms with E-state index >= 15 is 8.78 Å². The first-order valence-corrected chi connectivity index (χ1v) is 12.4. The number of fused-ring (bicyclic) bond motifs is 1. The van der Waals surface area contributed by atoms with Crippen LogP contribution in [0.1, 0.15) is 42.5 Å². The number of benzene rings is 4. The van der Waals surface area contributed by atoms with Crippen molar-refractivity contribution < 1.29 is 13.2 Å². The lowest BCUT2D eigenvalue weighted by Gasteiger charge is -2.23. The molecule has 0 radical (unpaired) electrons. The fourth-order valence-electron chi connectivity index (χ4n) is 5.26. The molecule has 0 bridgehead atoms. The maximum Gasteiger partial charge on any atom is 0.148 e. The van der Waals surface area contributed by atoms with Gasteiger partial charge in [0, 0.05) is 23.4 Å². The number of halogens is 3. The van der Waals surface area contributed by atoms with E-state index in [1.54, 1.807) is 6.92 Å². The van der Waals surface area contributed by atoms with E-state index in [2.05, 4.69) is 12.1 Å². The Morgan fingerprint density at radius 3 is 2.27 bits per heavy atom. The van der Waals surface area contributed by atoms with Crippen LogP contribution in [0, 0.1) is 32.4 Å².